The fraction of sp³-hybridized carbons (Fsp3) is 0.727. The van der Waals surface area contributed by atoms with Gasteiger partial charge in [-0.1, -0.05) is 0 Å². The van der Waals surface area contributed by atoms with Gasteiger partial charge in [-0.2, -0.15) is 5.26 Å². The summed E-state index contributed by atoms with van der Waals surface area (Å²) in [5.74, 6) is -0.543. The molecular weight excluding hydrogens is 208 g/mol. The van der Waals surface area contributed by atoms with E-state index >= 15 is 0 Å². The molecule has 0 rings (SSSR count). The lowest BCUT2D eigenvalue weighted by Gasteiger charge is -2.18. The van der Waals surface area contributed by atoms with E-state index in [1.54, 1.807) is 11.0 Å². The second-order valence-corrected chi connectivity index (χ2v) is 3.50. The fourth-order valence-electron chi connectivity index (χ4n) is 1.37. The zero-order valence-electron chi connectivity index (χ0n) is 9.77. The number of hydrogen-bond acceptors (Lipinski definition) is 4. The summed E-state index contributed by atoms with van der Waals surface area (Å²) in [6, 6.07) is 1.77. The van der Waals surface area contributed by atoms with Crippen molar-refractivity contribution < 1.29 is 14.7 Å². The Morgan fingerprint density at radius 2 is 1.94 bits per heavy atom. The average Bonchev–Trinajstić information content (AvgIpc) is 2.19. The summed E-state index contributed by atoms with van der Waals surface area (Å²) in [6.45, 7) is 4.83. The summed E-state index contributed by atoms with van der Waals surface area (Å²) in [7, 11) is 0. The number of carbonyl (C=O) groups excluding carboxylic acids is 2. The summed E-state index contributed by atoms with van der Waals surface area (Å²) in [5, 5.41) is 17.5. The molecule has 1 unspecified atom stereocenters. The smallest absolute Gasteiger partial charge is 0.229 e. The van der Waals surface area contributed by atoms with E-state index in [0.717, 1.165) is 0 Å². The predicted octanol–water partition coefficient (Wildman–Crippen LogP) is 0.479. The highest BCUT2D eigenvalue weighted by Gasteiger charge is 2.17. The quantitative estimate of drug-likeness (QED) is 0.640. The summed E-state index contributed by atoms with van der Waals surface area (Å²) < 4.78 is 0. The molecule has 0 fully saturated rings. The van der Waals surface area contributed by atoms with Crippen LogP contribution in [-0.4, -0.2) is 40.9 Å². The van der Waals surface area contributed by atoms with E-state index in [1.165, 1.54) is 0 Å². The fourth-order valence-corrected chi connectivity index (χ4v) is 1.37. The van der Waals surface area contributed by atoms with E-state index in [2.05, 4.69) is 0 Å². The number of Topliss-reactive ketones (excluding diaryl/α,β-unsaturated/α-hetero) is 1. The zero-order valence-corrected chi connectivity index (χ0v) is 9.77. The van der Waals surface area contributed by atoms with Gasteiger partial charge in [-0.25, -0.2) is 0 Å². The van der Waals surface area contributed by atoms with Crippen molar-refractivity contribution in [1.82, 2.24) is 4.90 Å². The highest BCUT2D eigenvalue weighted by molar-refractivity contribution is 5.98. The number of nitriles is 1. The molecule has 1 amide bonds. The third-order valence-corrected chi connectivity index (χ3v) is 2.25. The third-order valence-electron chi connectivity index (χ3n) is 2.25. The largest absolute Gasteiger partial charge is 0.392 e. The molecular formula is C11H18N2O3. The van der Waals surface area contributed by atoms with Gasteiger partial charge < -0.3 is 10.0 Å². The molecule has 0 spiro atoms. The Labute approximate surface area is 95.7 Å². The van der Waals surface area contributed by atoms with Gasteiger partial charge >= 0.3 is 0 Å². The van der Waals surface area contributed by atoms with E-state index in [-0.39, 0.29) is 31.0 Å². The summed E-state index contributed by atoms with van der Waals surface area (Å²) in [4.78, 5) is 24.4. The molecule has 0 saturated carbocycles. The van der Waals surface area contributed by atoms with Crippen LogP contribution in [0.1, 0.15) is 33.1 Å². The van der Waals surface area contributed by atoms with Crippen LogP contribution in [0.5, 0.6) is 0 Å². The lowest BCUT2D eigenvalue weighted by Crippen LogP contribution is -2.32. The van der Waals surface area contributed by atoms with Gasteiger partial charge in [0.1, 0.15) is 5.78 Å². The molecule has 0 aromatic heterocycles. The van der Waals surface area contributed by atoms with Gasteiger partial charge in [0, 0.05) is 19.5 Å². The Bertz CT molecular complexity index is 279. The van der Waals surface area contributed by atoms with Crippen molar-refractivity contribution >= 4 is 11.7 Å². The van der Waals surface area contributed by atoms with Crippen molar-refractivity contribution in [2.75, 3.05) is 13.1 Å². The molecule has 0 aliphatic rings. The minimum absolute atomic E-state index is 0.0782. The first-order valence-corrected chi connectivity index (χ1v) is 5.39. The molecule has 90 valence electrons. The highest BCUT2D eigenvalue weighted by atomic mass is 16.3. The van der Waals surface area contributed by atoms with Crippen LogP contribution in [0.15, 0.2) is 0 Å². The van der Waals surface area contributed by atoms with Gasteiger partial charge in [-0.15, -0.1) is 0 Å². The second kappa shape index (κ2) is 7.83. The molecule has 0 aromatic rings. The van der Waals surface area contributed by atoms with Crippen LogP contribution >= 0.6 is 0 Å². The van der Waals surface area contributed by atoms with Gasteiger partial charge in [0.05, 0.1) is 25.0 Å². The molecule has 0 bridgehead atoms. The first-order valence-electron chi connectivity index (χ1n) is 5.39. The molecule has 1 N–H and O–H groups in total. The minimum atomic E-state index is -0.956. The Morgan fingerprint density at radius 1 is 1.38 bits per heavy atom. The van der Waals surface area contributed by atoms with E-state index in [4.69, 9.17) is 5.26 Å². The Hall–Kier alpha value is -1.41. The predicted molar refractivity (Wildman–Crippen MR) is 58.4 cm³/mol. The van der Waals surface area contributed by atoms with Crippen molar-refractivity contribution in [2.45, 2.75) is 39.2 Å². The maximum atomic E-state index is 11.5. The Morgan fingerprint density at radius 3 is 2.38 bits per heavy atom. The van der Waals surface area contributed by atoms with Gasteiger partial charge in [0.2, 0.25) is 5.91 Å². The topological polar surface area (TPSA) is 81.4 Å². The molecule has 0 saturated heterocycles. The number of nitrogens with zero attached hydrogens (tertiary/aromatic N) is 2. The summed E-state index contributed by atoms with van der Waals surface area (Å²) >= 11 is 0. The summed E-state index contributed by atoms with van der Waals surface area (Å²) in [6.07, 6.45) is -1.35. The molecule has 0 radical (unpaired) electrons. The van der Waals surface area contributed by atoms with Crippen LogP contribution in [0.2, 0.25) is 0 Å². The van der Waals surface area contributed by atoms with E-state index in [9.17, 15) is 14.7 Å². The average molecular weight is 226 g/mol. The van der Waals surface area contributed by atoms with Gasteiger partial charge in [0.25, 0.3) is 0 Å². The second-order valence-electron chi connectivity index (χ2n) is 3.50. The number of amides is 1. The van der Waals surface area contributed by atoms with Crippen LogP contribution in [-0.2, 0) is 9.59 Å². The van der Waals surface area contributed by atoms with Crippen LogP contribution in [0.3, 0.4) is 0 Å². The standard InChI is InChI=1S/C11H18N2O3/c1-3-13(4-2)11(16)8-10(15)7-9(14)5-6-12/h9,14H,3-5,7-8H2,1-2H3. The zero-order chi connectivity index (χ0) is 12.6. The number of aliphatic hydroxyl groups is 1. The molecule has 0 aromatic carbocycles. The molecule has 5 nitrogen and oxygen atoms in total. The van der Waals surface area contributed by atoms with Gasteiger partial charge in [-0.3, -0.25) is 9.59 Å². The molecule has 0 aliphatic carbocycles. The number of carbonyl (C=O) groups is 2. The number of aliphatic hydroxyl groups excluding tert-OH is 1. The van der Waals surface area contributed by atoms with Crippen molar-refractivity contribution in [2.24, 2.45) is 0 Å². The minimum Gasteiger partial charge on any atom is -0.392 e. The van der Waals surface area contributed by atoms with Crippen LogP contribution < -0.4 is 0 Å². The maximum absolute atomic E-state index is 11.5. The molecule has 0 aliphatic heterocycles. The lowest BCUT2D eigenvalue weighted by molar-refractivity contribution is -0.135. The van der Waals surface area contributed by atoms with Crippen LogP contribution in [0.4, 0.5) is 0 Å². The number of rotatable bonds is 7. The van der Waals surface area contributed by atoms with Crippen molar-refractivity contribution in [3.63, 3.8) is 0 Å². The van der Waals surface area contributed by atoms with Crippen molar-refractivity contribution in [3.8, 4) is 6.07 Å². The van der Waals surface area contributed by atoms with Crippen LogP contribution in [0.25, 0.3) is 0 Å². The monoisotopic (exact) mass is 226 g/mol. The van der Waals surface area contributed by atoms with E-state index in [0.29, 0.717) is 13.1 Å². The number of hydrogen-bond donors (Lipinski definition) is 1. The highest BCUT2D eigenvalue weighted by Crippen LogP contribution is 2.03. The Kier molecular flexibility index (Phi) is 7.14. The lowest BCUT2D eigenvalue weighted by atomic mass is 10.1. The molecule has 1 atom stereocenters. The van der Waals surface area contributed by atoms with Crippen LogP contribution in [0, 0.1) is 11.3 Å². The van der Waals surface area contributed by atoms with E-state index < -0.39 is 6.10 Å². The Balaban J connectivity index is 4.05. The first-order chi connectivity index (χ1) is 7.54. The molecule has 0 heterocycles. The molecule has 5 heteroatoms. The van der Waals surface area contributed by atoms with Gasteiger partial charge in [0.15, 0.2) is 0 Å². The van der Waals surface area contributed by atoms with Crippen molar-refractivity contribution in [1.29, 1.82) is 5.26 Å². The van der Waals surface area contributed by atoms with Crippen molar-refractivity contribution in [3.05, 3.63) is 0 Å². The third kappa shape index (κ3) is 5.47. The molecule has 16 heavy (non-hydrogen) atoms. The normalized spacial score (nSPS) is 11.6. The van der Waals surface area contributed by atoms with Gasteiger partial charge in [-0.05, 0) is 13.8 Å². The summed E-state index contributed by atoms with van der Waals surface area (Å²) in [5.41, 5.74) is 0. The maximum Gasteiger partial charge on any atom is 0.229 e. The SMILES string of the molecule is CCN(CC)C(=O)CC(=O)CC(O)CC#N. The van der Waals surface area contributed by atoms with E-state index in [1.807, 2.05) is 13.8 Å². The number of ketones is 1. The first kappa shape index (κ1) is 14.6.